The van der Waals surface area contributed by atoms with Crippen molar-refractivity contribution in [2.45, 2.75) is 25.8 Å². The second-order valence-electron chi connectivity index (χ2n) is 7.56. The van der Waals surface area contributed by atoms with Gasteiger partial charge in [-0.2, -0.15) is 0 Å². The summed E-state index contributed by atoms with van der Waals surface area (Å²) in [5.41, 5.74) is 0.985. The SMILES string of the molecule is OCCOc1ccccc1CN1CCC[C@](CO)(Cc2ccc(F)cc2F)C1. The summed E-state index contributed by atoms with van der Waals surface area (Å²) in [5, 5.41) is 19.1. The molecule has 3 rings (SSSR count). The average Bonchev–Trinajstić information content (AvgIpc) is 2.70. The monoisotopic (exact) mass is 391 g/mol. The van der Waals surface area contributed by atoms with Gasteiger partial charge in [-0.1, -0.05) is 24.3 Å². The summed E-state index contributed by atoms with van der Waals surface area (Å²) >= 11 is 0. The minimum Gasteiger partial charge on any atom is -0.491 e. The minimum absolute atomic E-state index is 0.0467. The van der Waals surface area contributed by atoms with Crippen LogP contribution < -0.4 is 4.74 Å². The third kappa shape index (κ3) is 5.07. The Bertz CT molecular complexity index is 786. The lowest BCUT2D eigenvalue weighted by molar-refractivity contribution is 0.0279. The molecule has 0 unspecified atom stereocenters. The molecule has 0 spiro atoms. The Hall–Kier alpha value is -2.02. The summed E-state index contributed by atoms with van der Waals surface area (Å²) < 4.78 is 33.0. The van der Waals surface area contributed by atoms with Gasteiger partial charge in [-0.05, 0) is 43.5 Å². The maximum atomic E-state index is 14.2. The molecule has 0 aromatic heterocycles. The second kappa shape index (κ2) is 9.45. The molecule has 1 aliphatic heterocycles. The molecule has 1 saturated heterocycles. The molecule has 0 bridgehead atoms. The van der Waals surface area contributed by atoms with Crippen LogP contribution in [0.3, 0.4) is 0 Å². The van der Waals surface area contributed by atoms with Crippen LogP contribution in [0.4, 0.5) is 8.78 Å². The summed E-state index contributed by atoms with van der Waals surface area (Å²) in [4.78, 5) is 2.24. The fourth-order valence-electron chi connectivity index (χ4n) is 4.02. The lowest BCUT2D eigenvalue weighted by Gasteiger charge is -2.42. The van der Waals surface area contributed by atoms with E-state index in [0.29, 0.717) is 25.1 Å². The van der Waals surface area contributed by atoms with E-state index < -0.39 is 17.0 Å². The fraction of sp³-hybridized carbons (Fsp3) is 0.455. The standard InChI is InChI=1S/C22H27F2NO3/c23-19-7-6-17(20(24)12-19)13-22(16-27)8-3-9-25(15-22)14-18-4-1-2-5-21(18)28-11-10-26/h1-2,4-7,12,26-27H,3,8-11,13-16H2/t22-/m0/s1. The van der Waals surface area contributed by atoms with Crippen LogP contribution in [0.2, 0.25) is 0 Å². The molecule has 2 aromatic rings. The van der Waals surface area contributed by atoms with Crippen molar-refractivity contribution in [1.82, 2.24) is 4.90 Å². The molecule has 1 atom stereocenters. The van der Waals surface area contributed by atoms with E-state index in [9.17, 15) is 13.9 Å². The molecule has 2 aromatic carbocycles. The number of nitrogens with zero attached hydrogens (tertiary/aromatic N) is 1. The molecule has 0 radical (unpaired) electrons. The van der Waals surface area contributed by atoms with Crippen LogP contribution in [0, 0.1) is 17.0 Å². The Labute approximate surface area is 164 Å². The van der Waals surface area contributed by atoms with E-state index in [1.807, 2.05) is 24.3 Å². The molecule has 6 heteroatoms. The number of aliphatic hydroxyl groups is 2. The van der Waals surface area contributed by atoms with Crippen LogP contribution in [-0.2, 0) is 13.0 Å². The molecule has 0 saturated carbocycles. The van der Waals surface area contributed by atoms with Gasteiger partial charge in [0.2, 0.25) is 0 Å². The predicted molar refractivity (Wildman–Crippen MR) is 103 cm³/mol. The van der Waals surface area contributed by atoms with Crippen molar-refractivity contribution in [3.8, 4) is 5.75 Å². The Morgan fingerprint density at radius 1 is 1.07 bits per heavy atom. The second-order valence-corrected chi connectivity index (χ2v) is 7.56. The van der Waals surface area contributed by atoms with Crippen LogP contribution in [0.1, 0.15) is 24.0 Å². The summed E-state index contributed by atoms with van der Waals surface area (Å²) in [7, 11) is 0. The van der Waals surface area contributed by atoms with Gasteiger partial charge in [0, 0.05) is 30.1 Å². The molecular formula is C22H27F2NO3. The number of ether oxygens (including phenoxy) is 1. The smallest absolute Gasteiger partial charge is 0.129 e. The lowest BCUT2D eigenvalue weighted by atomic mass is 9.75. The first-order valence-electron chi connectivity index (χ1n) is 9.64. The summed E-state index contributed by atoms with van der Waals surface area (Å²) in [5.74, 6) is -0.418. The van der Waals surface area contributed by atoms with Crippen molar-refractivity contribution in [3.05, 3.63) is 65.2 Å². The number of benzene rings is 2. The Morgan fingerprint density at radius 2 is 1.89 bits per heavy atom. The van der Waals surface area contributed by atoms with Crippen LogP contribution in [0.25, 0.3) is 0 Å². The lowest BCUT2D eigenvalue weighted by Crippen LogP contribution is -2.46. The first-order valence-corrected chi connectivity index (χ1v) is 9.64. The minimum atomic E-state index is -0.593. The Kier molecular flexibility index (Phi) is 6.99. The molecular weight excluding hydrogens is 364 g/mol. The van der Waals surface area contributed by atoms with E-state index in [1.54, 1.807) is 0 Å². The number of halogens is 2. The topological polar surface area (TPSA) is 52.9 Å². The van der Waals surface area contributed by atoms with Crippen molar-refractivity contribution in [2.24, 2.45) is 5.41 Å². The van der Waals surface area contributed by atoms with Crippen LogP contribution >= 0.6 is 0 Å². The molecule has 0 amide bonds. The number of likely N-dealkylation sites (tertiary alicyclic amines) is 1. The van der Waals surface area contributed by atoms with Gasteiger partial charge in [0.15, 0.2) is 0 Å². The molecule has 4 nitrogen and oxygen atoms in total. The fourth-order valence-corrected chi connectivity index (χ4v) is 4.02. The molecule has 1 aliphatic rings. The number of hydrogen-bond donors (Lipinski definition) is 2. The van der Waals surface area contributed by atoms with Gasteiger partial charge in [0.25, 0.3) is 0 Å². The normalized spacial score (nSPS) is 20.3. The highest BCUT2D eigenvalue weighted by Crippen LogP contribution is 2.35. The summed E-state index contributed by atoms with van der Waals surface area (Å²) in [6.45, 7) is 2.28. The molecule has 1 heterocycles. The van der Waals surface area contributed by atoms with Gasteiger partial charge in [-0.3, -0.25) is 4.90 Å². The van der Waals surface area contributed by atoms with E-state index in [1.165, 1.54) is 12.1 Å². The van der Waals surface area contributed by atoms with Gasteiger partial charge in [0.1, 0.15) is 24.0 Å². The number of hydrogen-bond acceptors (Lipinski definition) is 4. The first kappa shape index (κ1) is 20.7. The zero-order valence-corrected chi connectivity index (χ0v) is 15.9. The average molecular weight is 391 g/mol. The number of aliphatic hydroxyl groups excluding tert-OH is 2. The van der Waals surface area contributed by atoms with Gasteiger partial charge >= 0.3 is 0 Å². The highest BCUT2D eigenvalue weighted by atomic mass is 19.1. The van der Waals surface area contributed by atoms with Crippen LogP contribution in [-0.4, -0.2) is 48.0 Å². The largest absolute Gasteiger partial charge is 0.491 e. The zero-order chi connectivity index (χ0) is 20.0. The van der Waals surface area contributed by atoms with E-state index >= 15 is 0 Å². The van der Waals surface area contributed by atoms with Gasteiger partial charge < -0.3 is 14.9 Å². The number of rotatable bonds is 8. The summed E-state index contributed by atoms with van der Waals surface area (Å²) in [6, 6.07) is 11.3. The van der Waals surface area contributed by atoms with Crippen molar-refractivity contribution < 1.29 is 23.7 Å². The van der Waals surface area contributed by atoms with Gasteiger partial charge in [0.05, 0.1) is 13.2 Å². The van der Waals surface area contributed by atoms with Crippen molar-refractivity contribution in [2.75, 3.05) is 32.9 Å². The predicted octanol–water partition coefficient (Wildman–Crippen LogP) is 3.15. The Morgan fingerprint density at radius 3 is 2.64 bits per heavy atom. The maximum absolute atomic E-state index is 14.2. The quantitative estimate of drug-likeness (QED) is 0.726. The van der Waals surface area contributed by atoms with E-state index in [0.717, 1.165) is 36.8 Å². The first-order chi connectivity index (χ1) is 13.5. The molecule has 152 valence electrons. The molecule has 0 aliphatic carbocycles. The van der Waals surface area contributed by atoms with Crippen molar-refractivity contribution >= 4 is 0 Å². The Balaban J connectivity index is 1.73. The van der Waals surface area contributed by atoms with E-state index in [2.05, 4.69) is 4.90 Å². The van der Waals surface area contributed by atoms with Crippen LogP contribution in [0.15, 0.2) is 42.5 Å². The third-order valence-electron chi connectivity index (χ3n) is 5.37. The number of piperidine rings is 1. The maximum Gasteiger partial charge on any atom is 0.129 e. The number of para-hydroxylation sites is 1. The van der Waals surface area contributed by atoms with Crippen molar-refractivity contribution in [3.63, 3.8) is 0 Å². The highest BCUT2D eigenvalue weighted by Gasteiger charge is 2.36. The third-order valence-corrected chi connectivity index (χ3v) is 5.37. The zero-order valence-electron chi connectivity index (χ0n) is 15.9. The molecule has 28 heavy (non-hydrogen) atoms. The van der Waals surface area contributed by atoms with Gasteiger partial charge in [-0.25, -0.2) is 8.78 Å². The van der Waals surface area contributed by atoms with Gasteiger partial charge in [-0.15, -0.1) is 0 Å². The van der Waals surface area contributed by atoms with Crippen molar-refractivity contribution in [1.29, 1.82) is 0 Å². The van der Waals surface area contributed by atoms with E-state index in [-0.39, 0.29) is 19.8 Å². The van der Waals surface area contributed by atoms with Crippen LogP contribution in [0.5, 0.6) is 5.75 Å². The molecule has 1 fully saturated rings. The highest BCUT2D eigenvalue weighted by molar-refractivity contribution is 5.33. The molecule has 2 N–H and O–H groups in total. The van der Waals surface area contributed by atoms with E-state index in [4.69, 9.17) is 9.84 Å². The summed E-state index contributed by atoms with van der Waals surface area (Å²) in [6.07, 6.45) is 2.05.